The Labute approximate surface area is 125 Å². The van der Waals surface area contributed by atoms with Crippen LogP contribution >= 0.6 is 11.3 Å². The van der Waals surface area contributed by atoms with E-state index in [0.29, 0.717) is 0 Å². The summed E-state index contributed by atoms with van der Waals surface area (Å²) in [4.78, 5) is 21.2. The van der Waals surface area contributed by atoms with Crippen LogP contribution in [0.2, 0.25) is 0 Å². The number of rotatable bonds is 3. The average molecular weight is 295 g/mol. The molecule has 1 fully saturated rings. The van der Waals surface area contributed by atoms with Crippen LogP contribution in [0.4, 0.5) is 0 Å². The first-order valence-corrected chi connectivity index (χ1v) is 8.23. The van der Waals surface area contributed by atoms with Crippen LogP contribution in [0.3, 0.4) is 0 Å². The van der Waals surface area contributed by atoms with Gasteiger partial charge in [-0.1, -0.05) is 27.7 Å². The Morgan fingerprint density at radius 2 is 1.95 bits per heavy atom. The Hall–Kier alpha value is -0.940. The Morgan fingerprint density at radius 1 is 1.30 bits per heavy atom. The summed E-state index contributed by atoms with van der Waals surface area (Å²) in [5, 5.41) is 3.37. The quantitative estimate of drug-likeness (QED) is 0.859. The van der Waals surface area contributed by atoms with E-state index in [1.165, 1.54) is 10.7 Å². The molecule has 0 bridgehead atoms. The van der Waals surface area contributed by atoms with E-state index >= 15 is 0 Å². The molecule has 5 heteroatoms. The molecule has 1 aliphatic heterocycles. The highest BCUT2D eigenvalue weighted by Gasteiger charge is 2.29. The van der Waals surface area contributed by atoms with Crippen LogP contribution in [0.1, 0.15) is 38.4 Å². The van der Waals surface area contributed by atoms with Crippen molar-refractivity contribution in [1.82, 2.24) is 14.8 Å². The maximum atomic E-state index is 12.2. The van der Waals surface area contributed by atoms with Gasteiger partial charge in [-0.05, 0) is 6.42 Å². The highest BCUT2D eigenvalue weighted by atomic mass is 32.1. The lowest BCUT2D eigenvalue weighted by atomic mass is 9.94. The third-order valence-electron chi connectivity index (χ3n) is 3.59. The van der Waals surface area contributed by atoms with Crippen LogP contribution in [-0.2, 0) is 17.8 Å². The Morgan fingerprint density at radius 3 is 2.45 bits per heavy atom. The van der Waals surface area contributed by atoms with E-state index < -0.39 is 0 Å². The number of amides is 1. The Bertz CT molecular complexity index is 456. The fourth-order valence-electron chi connectivity index (χ4n) is 2.40. The number of nitrogens with zero attached hydrogens (tertiary/aromatic N) is 3. The number of hydrogen-bond acceptors (Lipinski definition) is 4. The minimum absolute atomic E-state index is 0.263. The van der Waals surface area contributed by atoms with Gasteiger partial charge < -0.3 is 4.90 Å². The maximum Gasteiger partial charge on any atom is 0.228 e. The van der Waals surface area contributed by atoms with Gasteiger partial charge in [-0.15, -0.1) is 11.3 Å². The van der Waals surface area contributed by atoms with Gasteiger partial charge in [-0.2, -0.15) is 0 Å². The smallest absolute Gasteiger partial charge is 0.228 e. The van der Waals surface area contributed by atoms with Crippen LogP contribution in [0.25, 0.3) is 0 Å². The molecule has 4 nitrogen and oxygen atoms in total. The maximum absolute atomic E-state index is 12.2. The molecule has 1 amide bonds. The molecule has 1 aliphatic rings. The molecule has 112 valence electrons. The highest BCUT2D eigenvalue weighted by molar-refractivity contribution is 7.09. The number of carbonyl (C=O) groups excluding carboxylic acids is 1. The predicted octanol–water partition coefficient (Wildman–Crippen LogP) is 2.40. The van der Waals surface area contributed by atoms with Crippen molar-refractivity contribution in [3.8, 4) is 0 Å². The van der Waals surface area contributed by atoms with Crippen molar-refractivity contribution in [3.63, 3.8) is 0 Å². The first-order chi connectivity index (χ1) is 9.40. The van der Waals surface area contributed by atoms with E-state index in [9.17, 15) is 4.79 Å². The van der Waals surface area contributed by atoms with Crippen molar-refractivity contribution in [2.75, 3.05) is 26.2 Å². The molecular formula is C15H25N3OS. The van der Waals surface area contributed by atoms with Crippen LogP contribution in [0.15, 0.2) is 5.38 Å². The van der Waals surface area contributed by atoms with Gasteiger partial charge in [0.25, 0.3) is 0 Å². The molecule has 20 heavy (non-hydrogen) atoms. The zero-order valence-corrected chi connectivity index (χ0v) is 13.8. The van der Waals surface area contributed by atoms with E-state index in [0.717, 1.165) is 39.1 Å². The van der Waals surface area contributed by atoms with Gasteiger partial charge in [-0.3, -0.25) is 9.69 Å². The van der Waals surface area contributed by atoms with Gasteiger partial charge in [0.1, 0.15) is 0 Å². The summed E-state index contributed by atoms with van der Waals surface area (Å²) in [5.41, 5.74) is 0.898. The minimum Gasteiger partial charge on any atom is -0.340 e. The van der Waals surface area contributed by atoms with Gasteiger partial charge in [-0.25, -0.2) is 4.98 Å². The molecule has 0 N–H and O–H groups in total. The molecule has 2 heterocycles. The molecule has 1 aromatic heterocycles. The fraction of sp³-hybridized carbons (Fsp3) is 0.733. The largest absolute Gasteiger partial charge is 0.340 e. The fourth-order valence-corrected chi connectivity index (χ4v) is 3.13. The van der Waals surface area contributed by atoms with Gasteiger partial charge in [0.15, 0.2) is 0 Å². The second-order valence-electron chi connectivity index (χ2n) is 6.40. The first-order valence-electron chi connectivity index (χ1n) is 7.35. The molecule has 0 spiro atoms. The molecule has 0 unspecified atom stereocenters. The zero-order chi connectivity index (χ0) is 14.8. The Balaban J connectivity index is 1.84. The lowest BCUT2D eigenvalue weighted by Gasteiger charge is -2.37. The van der Waals surface area contributed by atoms with Crippen molar-refractivity contribution in [2.45, 2.75) is 40.7 Å². The van der Waals surface area contributed by atoms with E-state index in [1.807, 2.05) is 25.7 Å². The van der Waals surface area contributed by atoms with Gasteiger partial charge >= 0.3 is 0 Å². The third-order valence-corrected chi connectivity index (χ3v) is 4.63. The molecule has 0 saturated carbocycles. The van der Waals surface area contributed by atoms with Gasteiger partial charge in [0, 0.05) is 43.5 Å². The summed E-state index contributed by atoms with van der Waals surface area (Å²) < 4.78 is 0. The first kappa shape index (κ1) is 15.4. The second kappa shape index (κ2) is 6.22. The normalized spacial score (nSPS) is 17.5. The number of aromatic nitrogens is 1. The van der Waals surface area contributed by atoms with Gasteiger partial charge in [0.05, 0.1) is 10.7 Å². The number of aryl methyl sites for hydroxylation is 1. The number of carbonyl (C=O) groups is 1. The highest BCUT2D eigenvalue weighted by Crippen LogP contribution is 2.19. The van der Waals surface area contributed by atoms with Crippen LogP contribution in [0.5, 0.6) is 0 Å². The van der Waals surface area contributed by atoms with Crippen LogP contribution < -0.4 is 0 Å². The molecule has 0 radical (unpaired) electrons. The van der Waals surface area contributed by atoms with Crippen molar-refractivity contribution >= 4 is 17.2 Å². The van der Waals surface area contributed by atoms with Crippen molar-refractivity contribution in [1.29, 1.82) is 0 Å². The van der Waals surface area contributed by atoms with E-state index in [-0.39, 0.29) is 11.3 Å². The van der Waals surface area contributed by atoms with E-state index in [2.05, 4.69) is 22.2 Å². The predicted molar refractivity (Wildman–Crippen MR) is 82.8 cm³/mol. The summed E-state index contributed by atoms with van der Waals surface area (Å²) in [7, 11) is 0. The Kier molecular flexibility index (Phi) is 4.81. The topological polar surface area (TPSA) is 36.4 Å². The SMILES string of the molecule is CCc1nc(CN2CCN(C(=O)C(C)(C)C)CC2)cs1. The summed E-state index contributed by atoms with van der Waals surface area (Å²) >= 11 is 1.74. The molecular weight excluding hydrogens is 270 g/mol. The lowest BCUT2D eigenvalue weighted by Crippen LogP contribution is -2.51. The summed E-state index contributed by atoms with van der Waals surface area (Å²) in [5.74, 6) is 0.263. The molecule has 0 aromatic carbocycles. The molecule has 0 atom stereocenters. The van der Waals surface area contributed by atoms with Crippen LogP contribution in [-0.4, -0.2) is 46.9 Å². The monoisotopic (exact) mass is 295 g/mol. The third kappa shape index (κ3) is 3.79. The molecule has 1 aromatic rings. The van der Waals surface area contributed by atoms with Crippen molar-refractivity contribution < 1.29 is 4.79 Å². The van der Waals surface area contributed by atoms with Gasteiger partial charge in [0.2, 0.25) is 5.91 Å². The van der Waals surface area contributed by atoms with E-state index in [4.69, 9.17) is 0 Å². The summed E-state index contributed by atoms with van der Waals surface area (Å²) in [6.45, 7) is 12.6. The molecule has 2 rings (SSSR count). The standard InChI is InChI=1S/C15H25N3OS/c1-5-13-16-12(11-20-13)10-17-6-8-18(9-7-17)14(19)15(2,3)4/h11H,5-10H2,1-4H3. The van der Waals surface area contributed by atoms with Crippen molar-refractivity contribution in [3.05, 3.63) is 16.1 Å². The van der Waals surface area contributed by atoms with Crippen LogP contribution in [0, 0.1) is 5.41 Å². The number of piperazine rings is 1. The number of thiazole rings is 1. The second-order valence-corrected chi connectivity index (χ2v) is 7.35. The lowest BCUT2D eigenvalue weighted by molar-refractivity contribution is -0.141. The van der Waals surface area contributed by atoms with Crippen molar-refractivity contribution in [2.24, 2.45) is 5.41 Å². The zero-order valence-electron chi connectivity index (χ0n) is 13.0. The van der Waals surface area contributed by atoms with E-state index in [1.54, 1.807) is 11.3 Å². The summed E-state index contributed by atoms with van der Waals surface area (Å²) in [6, 6.07) is 0. The summed E-state index contributed by atoms with van der Waals surface area (Å²) in [6.07, 6.45) is 1.01. The minimum atomic E-state index is -0.271. The average Bonchev–Trinajstić information content (AvgIpc) is 2.85. The molecule has 0 aliphatic carbocycles. The number of hydrogen-bond donors (Lipinski definition) is 0. The molecule has 1 saturated heterocycles.